The van der Waals surface area contributed by atoms with Crippen LogP contribution in [-0.2, 0) is 65.5 Å². The molecule has 5 rings (SSSR count). The number of nitrogens with one attached hydrogen (secondary N) is 3. The monoisotopic (exact) mass is 1010 g/mol. The number of esters is 1. The smallest absolute Gasteiger partial charge is 0.408 e. The van der Waals surface area contributed by atoms with E-state index in [1.165, 1.54) is 0 Å². The van der Waals surface area contributed by atoms with Crippen LogP contribution < -0.4 is 16.0 Å². The van der Waals surface area contributed by atoms with Crippen molar-refractivity contribution in [2.45, 2.75) is 150 Å². The summed E-state index contributed by atoms with van der Waals surface area (Å²) in [5, 5.41) is 111. The fourth-order valence-electron chi connectivity index (χ4n) is 7.69. The molecule has 0 radical (unpaired) electrons. The normalized spacial score (nSPS) is 31.2. The topological polar surface area (TPSA) is 381 Å². The van der Waals surface area contributed by atoms with Gasteiger partial charge in [-0.1, -0.05) is 67.1 Å². The maximum absolute atomic E-state index is 13.0. The van der Waals surface area contributed by atoms with Crippen molar-refractivity contribution in [1.29, 1.82) is 0 Å². The Kier molecular flexibility index (Phi) is 23.6. The lowest BCUT2D eigenvalue weighted by Crippen LogP contribution is -2.65. The van der Waals surface area contributed by atoms with Crippen molar-refractivity contribution in [2.24, 2.45) is 0 Å². The average Bonchev–Trinajstić information content (AvgIpc) is 3.37. The highest BCUT2D eigenvalue weighted by atomic mass is 16.7. The van der Waals surface area contributed by atoms with E-state index < -0.39 is 130 Å². The Bertz CT molecular complexity index is 1900. The van der Waals surface area contributed by atoms with Crippen LogP contribution in [0.3, 0.4) is 0 Å². The minimum atomic E-state index is -1.92. The summed E-state index contributed by atoms with van der Waals surface area (Å²) >= 11 is 0. The van der Waals surface area contributed by atoms with E-state index in [2.05, 4.69) is 16.0 Å². The highest BCUT2D eigenvalue weighted by Gasteiger charge is 2.52. The standard InChI is InChI=1S/C46H67N3O22/c50-20-28-33(54)36(57)38(59)43(68-28)66-24-30-35(56)41(71-45-39(60)37(58)34(55)29(21-51)69-45)40(61)44(70-30)64-19-18-48-31(52)14-8-3-9-17-47-32(53)16-15-27(42(62)65-22-25-10-4-1-5-11-25)49-46(63)67-23-26-12-6-2-7-13-26/h1-2,4-7,10-13,27-30,33-41,43-45,50-51,54-61H,3,8-9,14-24H2,(H,47,53)(H,48,52)(H,49,63)/t27-,28+,29+,30+,33+,34+,35+,36-,37-,38-,39-,40-,41-,43-,44-,45+/m0/s1. The van der Waals surface area contributed by atoms with Crippen molar-refractivity contribution in [3.63, 3.8) is 0 Å². The van der Waals surface area contributed by atoms with Crippen LogP contribution in [0.25, 0.3) is 0 Å². The number of benzene rings is 2. The second kappa shape index (κ2) is 29.2. The first-order valence-corrected chi connectivity index (χ1v) is 23.3. The van der Waals surface area contributed by atoms with Crippen LogP contribution in [0, 0.1) is 0 Å². The van der Waals surface area contributed by atoms with Gasteiger partial charge < -0.3 is 105 Å². The molecule has 3 fully saturated rings. The predicted molar refractivity (Wildman–Crippen MR) is 238 cm³/mol. The highest BCUT2D eigenvalue weighted by molar-refractivity contribution is 5.83. The lowest BCUT2D eigenvalue weighted by Gasteiger charge is -2.46. The van der Waals surface area contributed by atoms with Gasteiger partial charge in [-0.05, 0) is 30.4 Å². The minimum absolute atomic E-state index is 0.0271. The van der Waals surface area contributed by atoms with Gasteiger partial charge in [-0.15, -0.1) is 0 Å². The Morgan fingerprint density at radius 1 is 0.549 bits per heavy atom. The van der Waals surface area contributed by atoms with Gasteiger partial charge >= 0.3 is 12.1 Å². The molecule has 3 aliphatic rings. The third kappa shape index (κ3) is 17.3. The summed E-state index contributed by atoms with van der Waals surface area (Å²) in [6.07, 6.45) is -24.9. The predicted octanol–water partition coefficient (Wildman–Crippen LogP) is -3.94. The molecule has 3 aliphatic heterocycles. The third-order valence-electron chi connectivity index (χ3n) is 11.8. The van der Waals surface area contributed by atoms with Crippen molar-refractivity contribution in [1.82, 2.24) is 16.0 Å². The molecular weight excluding hydrogens is 947 g/mol. The molecule has 0 aliphatic carbocycles. The molecule has 13 N–H and O–H groups in total. The van der Waals surface area contributed by atoms with Gasteiger partial charge in [0, 0.05) is 25.9 Å². The fourth-order valence-corrected chi connectivity index (χ4v) is 7.69. The van der Waals surface area contributed by atoms with Crippen molar-refractivity contribution in [3.8, 4) is 0 Å². The molecule has 0 bridgehead atoms. The molecule has 2 aromatic rings. The van der Waals surface area contributed by atoms with Crippen LogP contribution in [0.1, 0.15) is 49.7 Å². The number of ether oxygens (including phenoxy) is 8. The maximum atomic E-state index is 13.0. The molecule has 0 aromatic heterocycles. The zero-order valence-corrected chi connectivity index (χ0v) is 38.8. The summed E-state index contributed by atoms with van der Waals surface area (Å²) in [5.41, 5.74) is 1.48. The third-order valence-corrected chi connectivity index (χ3v) is 11.8. The lowest BCUT2D eigenvalue weighted by atomic mass is 9.96. The molecule has 0 spiro atoms. The van der Waals surface area contributed by atoms with Gasteiger partial charge in [-0.25, -0.2) is 9.59 Å². The number of unbranched alkanes of at least 4 members (excludes halogenated alkanes) is 2. The van der Waals surface area contributed by atoms with Crippen molar-refractivity contribution in [3.05, 3.63) is 71.8 Å². The molecule has 0 unspecified atom stereocenters. The minimum Gasteiger partial charge on any atom is -0.459 e. The van der Waals surface area contributed by atoms with Crippen molar-refractivity contribution in [2.75, 3.05) is 39.5 Å². The Balaban J connectivity index is 1.03. The molecule has 25 nitrogen and oxygen atoms in total. The van der Waals surface area contributed by atoms with E-state index in [1.807, 2.05) is 12.1 Å². The van der Waals surface area contributed by atoms with Crippen LogP contribution >= 0.6 is 0 Å². The number of aliphatic hydroxyl groups excluding tert-OH is 10. The number of amides is 3. The maximum Gasteiger partial charge on any atom is 0.408 e. The van der Waals surface area contributed by atoms with Gasteiger partial charge in [0.05, 0.1) is 26.4 Å². The SMILES string of the molecule is O=C(CCCCCNC(=O)CC[C@H](NC(=O)OCc1ccccc1)C(=O)OCc1ccccc1)NCCO[C@H]1O[C@H](CO[C@H]2O[C@H](CO)[C@@H](O)[C@H](O)[C@@H]2O)[C@@H](O)[C@H](O[C@H]2O[C@H](CO)[C@@H](O)[C@H](O)[C@@H]2O)[C@@H]1O. The van der Waals surface area contributed by atoms with Crippen LogP contribution in [0.15, 0.2) is 60.7 Å². The first kappa shape index (κ1) is 57.4. The second-order valence-corrected chi connectivity index (χ2v) is 17.1. The molecule has 0 saturated carbocycles. The van der Waals surface area contributed by atoms with Crippen molar-refractivity contribution >= 4 is 23.9 Å². The Morgan fingerprint density at radius 3 is 1.70 bits per heavy atom. The molecule has 71 heavy (non-hydrogen) atoms. The number of carbonyl (C=O) groups is 4. The van der Waals surface area contributed by atoms with E-state index in [4.69, 9.17) is 37.9 Å². The largest absolute Gasteiger partial charge is 0.459 e. The Hall–Kier alpha value is -4.52. The van der Waals surface area contributed by atoms with Crippen LogP contribution in [0.5, 0.6) is 0 Å². The Morgan fingerprint density at radius 2 is 1.08 bits per heavy atom. The van der Waals surface area contributed by atoms with E-state index >= 15 is 0 Å². The van der Waals surface area contributed by atoms with Gasteiger partial charge in [-0.2, -0.15) is 0 Å². The summed E-state index contributed by atoms with van der Waals surface area (Å²) in [6, 6.07) is 16.8. The van der Waals surface area contributed by atoms with Gasteiger partial charge in [0.25, 0.3) is 0 Å². The highest BCUT2D eigenvalue weighted by Crippen LogP contribution is 2.31. The summed E-state index contributed by atoms with van der Waals surface area (Å²) in [5.74, 6) is -1.46. The summed E-state index contributed by atoms with van der Waals surface area (Å²) in [7, 11) is 0. The van der Waals surface area contributed by atoms with Crippen LogP contribution in [0.4, 0.5) is 4.79 Å². The Labute approximate surface area is 408 Å². The van der Waals surface area contributed by atoms with Gasteiger partial charge in [-0.3, -0.25) is 9.59 Å². The fraction of sp³-hybridized carbons (Fsp3) is 0.652. The van der Waals surface area contributed by atoms with Gasteiger partial charge in [0.2, 0.25) is 11.8 Å². The summed E-state index contributed by atoms with van der Waals surface area (Å²) in [4.78, 5) is 50.9. The molecule has 398 valence electrons. The molecule has 3 amide bonds. The summed E-state index contributed by atoms with van der Waals surface area (Å²) in [6.45, 7) is -2.34. The molecule has 25 heteroatoms. The molecular formula is C46H67N3O22. The van der Waals surface area contributed by atoms with E-state index in [0.29, 0.717) is 19.3 Å². The molecule has 3 saturated heterocycles. The summed E-state index contributed by atoms with van der Waals surface area (Å²) < 4.78 is 44.1. The average molecular weight is 1010 g/mol. The zero-order valence-electron chi connectivity index (χ0n) is 38.8. The van der Waals surface area contributed by atoms with E-state index in [0.717, 1.165) is 11.1 Å². The lowest BCUT2D eigenvalue weighted by molar-refractivity contribution is -0.366. The zero-order chi connectivity index (χ0) is 51.5. The van der Waals surface area contributed by atoms with Gasteiger partial charge in [0.1, 0.15) is 92.5 Å². The number of aliphatic hydroxyl groups is 10. The van der Waals surface area contributed by atoms with Crippen LogP contribution in [-0.4, -0.2) is 213 Å². The van der Waals surface area contributed by atoms with E-state index in [-0.39, 0.29) is 64.0 Å². The van der Waals surface area contributed by atoms with E-state index in [9.17, 15) is 70.2 Å². The first-order chi connectivity index (χ1) is 34.1. The molecule has 3 heterocycles. The van der Waals surface area contributed by atoms with Crippen molar-refractivity contribution < 1.29 is 108 Å². The van der Waals surface area contributed by atoms with Gasteiger partial charge in [0.15, 0.2) is 18.9 Å². The molecule has 16 atom stereocenters. The van der Waals surface area contributed by atoms with Crippen LogP contribution in [0.2, 0.25) is 0 Å². The number of rotatable bonds is 26. The number of hydrogen-bond acceptors (Lipinski definition) is 22. The number of alkyl carbamates (subject to hydrolysis) is 1. The van der Waals surface area contributed by atoms with E-state index in [1.54, 1.807) is 48.5 Å². The molecule has 2 aromatic carbocycles. The number of carbonyl (C=O) groups excluding carboxylic acids is 4. The second-order valence-electron chi connectivity index (χ2n) is 17.1. The first-order valence-electron chi connectivity index (χ1n) is 23.3. The quantitative estimate of drug-likeness (QED) is 0.0316. The number of hydrogen-bond donors (Lipinski definition) is 13.